The van der Waals surface area contributed by atoms with Crippen LogP contribution >= 0.6 is 0 Å². The molecule has 2 rings (SSSR count). The summed E-state index contributed by atoms with van der Waals surface area (Å²) in [6.45, 7) is 4.22. The summed E-state index contributed by atoms with van der Waals surface area (Å²) in [5, 5.41) is 7.96. The quantitative estimate of drug-likeness (QED) is 0.609. The van der Waals surface area contributed by atoms with Crippen molar-refractivity contribution < 1.29 is 0 Å². The van der Waals surface area contributed by atoms with E-state index in [1.165, 1.54) is 12.0 Å². The Morgan fingerprint density at radius 3 is 2.81 bits per heavy atom. The third-order valence-corrected chi connectivity index (χ3v) is 3.33. The van der Waals surface area contributed by atoms with Crippen molar-refractivity contribution in [3.05, 3.63) is 35.9 Å². The van der Waals surface area contributed by atoms with Crippen molar-refractivity contribution >= 4 is 5.84 Å². The van der Waals surface area contributed by atoms with Crippen LogP contribution in [0.15, 0.2) is 30.3 Å². The zero-order chi connectivity index (χ0) is 11.4. The molecule has 2 heteroatoms. The van der Waals surface area contributed by atoms with E-state index in [1.807, 2.05) is 0 Å². The minimum atomic E-state index is 0.624. The summed E-state index contributed by atoms with van der Waals surface area (Å²) in [6, 6.07) is 10.7. The van der Waals surface area contributed by atoms with Gasteiger partial charge in [0.25, 0.3) is 0 Å². The normalized spacial score (nSPS) is 20.1. The molecule has 1 heterocycles. The Labute approximate surface area is 97.8 Å². The first kappa shape index (κ1) is 11.2. The van der Waals surface area contributed by atoms with Gasteiger partial charge in [-0.1, -0.05) is 37.3 Å². The van der Waals surface area contributed by atoms with Crippen LogP contribution in [0, 0.1) is 5.41 Å². The third-order valence-electron chi connectivity index (χ3n) is 3.33. The predicted molar refractivity (Wildman–Crippen MR) is 68.0 cm³/mol. The Hall–Kier alpha value is -1.31. The second-order valence-electron chi connectivity index (χ2n) is 4.54. The van der Waals surface area contributed by atoms with E-state index in [0.29, 0.717) is 5.92 Å². The Bertz CT molecular complexity index is 345. The SMILES string of the molecule is CCCC(=N)N1CCC(c2ccccc2)C1. The third kappa shape index (κ3) is 2.43. The lowest BCUT2D eigenvalue weighted by Crippen LogP contribution is -2.27. The molecule has 1 N–H and O–H groups in total. The van der Waals surface area contributed by atoms with Crippen molar-refractivity contribution in [1.29, 1.82) is 5.41 Å². The molecule has 1 aliphatic rings. The number of nitrogens with zero attached hydrogens (tertiary/aromatic N) is 1. The first-order valence-electron chi connectivity index (χ1n) is 6.18. The zero-order valence-corrected chi connectivity index (χ0v) is 9.95. The number of rotatable bonds is 3. The minimum Gasteiger partial charge on any atom is -0.360 e. The molecule has 1 aliphatic heterocycles. The molecule has 1 unspecified atom stereocenters. The molecular weight excluding hydrogens is 196 g/mol. The van der Waals surface area contributed by atoms with Crippen LogP contribution in [0.3, 0.4) is 0 Å². The maximum Gasteiger partial charge on any atom is 0.0957 e. The van der Waals surface area contributed by atoms with Crippen LogP contribution in [0.2, 0.25) is 0 Å². The van der Waals surface area contributed by atoms with Gasteiger partial charge in [-0.25, -0.2) is 0 Å². The van der Waals surface area contributed by atoms with Gasteiger partial charge in [-0.2, -0.15) is 0 Å². The molecule has 0 aromatic heterocycles. The number of amidine groups is 1. The fourth-order valence-corrected chi connectivity index (χ4v) is 2.40. The summed E-state index contributed by atoms with van der Waals surface area (Å²) in [5.41, 5.74) is 1.43. The van der Waals surface area contributed by atoms with Crippen LogP contribution in [-0.4, -0.2) is 23.8 Å². The highest BCUT2D eigenvalue weighted by molar-refractivity contribution is 5.79. The number of hydrogen-bond acceptors (Lipinski definition) is 1. The maximum absolute atomic E-state index is 7.96. The molecule has 1 fully saturated rings. The number of hydrogen-bond donors (Lipinski definition) is 1. The van der Waals surface area contributed by atoms with Gasteiger partial charge in [0.15, 0.2) is 0 Å². The topological polar surface area (TPSA) is 27.1 Å². The van der Waals surface area contributed by atoms with E-state index in [1.54, 1.807) is 0 Å². The van der Waals surface area contributed by atoms with Gasteiger partial charge >= 0.3 is 0 Å². The molecule has 0 radical (unpaired) electrons. The van der Waals surface area contributed by atoms with Gasteiger partial charge in [-0.05, 0) is 18.4 Å². The fraction of sp³-hybridized carbons (Fsp3) is 0.500. The van der Waals surface area contributed by atoms with Gasteiger partial charge in [-0.15, -0.1) is 0 Å². The first-order valence-corrected chi connectivity index (χ1v) is 6.18. The van der Waals surface area contributed by atoms with Gasteiger partial charge in [0.05, 0.1) is 5.84 Å². The predicted octanol–water partition coefficient (Wildman–Crippen LogP) is 3.25. The van der Waals surface area contributed by atoms with E-state index < -0.39 is 0 Å². The van der Waals surface area contributed by atoms with Crippen LogP contribution in [0.1, 0.15) is 37.7 Å². The van der Waals surface area contributed by atoms with Gasteiger partial charge in [0.2, 0.25) is 0 Å². The van der Waals surface area contributed by atoms with Crippen LogP contribution < -0.4 is 0 Å². The Balaban J connectivity index is 1.96. The van der Waals surface area contributed by atoms with E-state index in [4.69, 9.17) is 5.41 Å². The summed E-state index contributed by atoms with van der Waals surface area (Å²) < 4.78 is 0. The van der Waals surface area contributed by atoms with E-state index in [9.17, 15) is 0 Å². The van der Waals surface area contributed by atoms with E-state index in [0.717, 1.165) is 31.8 Å². The molecule has 1 atom stereocenters. The highest BCUT2D eigenvalue weighted by Gasteiger charge is 2.24. The van der Waals surface area contributed by atoms with Crippen molar-refractivity contribution in [1.82, 2.24) is 4.90 Å². The van der Waals surface area contributed by atoms with Crippen LogP contribution in [0.5, 0.6) is 0 Å². The largest absolute Gasteiger partial charge is 0.360 e. The Morgan fingerprint density at radius 2 is 2.12 bits per heavy atom. The lowest BCUT2D eigenvalue weighted by atomic mass is 9.99. The van der Waals surface area contributed by atoms with E-state index in [-0.39, 0.29) is 0 Å². The highest BCUT2D eigenvalue weighted by Crippen LogP contribution is 2.27. The van der Waals surface area contributed by atoms with E-state index >= 15 is 0 Å². The van der Waals surface area contributed by atoms with Gasteiger partial charge < -0.3 is 4.90 Å². The Kier molecular flexibility index (Phi) is 3.60. The molecule has 1 aromatic rings. The monoisotopic (exact) mass is 216 g/mol. The fourth-order valence-electron chi connectivity index (χ4n) is 2.40. The average Bonchev–Trinajstić information content (AvgIpc) is 2.80. The van der Waals surface area contributed by atoms with E-state index in [2.05, 4.69) is 42.2 Å². The second kappa shape index (κ2) is 5.15. The minimum absolute atomic E-state index is 0.624. The molecule has 86 valence electrons. The van der Waals surface area contributed by atoms with Gasteiger partial charge in [0.1, 0.15) is 0 Å². The lowest BCUT2D eigenvalue weighted by Gasteiger charge is -2.19. The Morgan fingerprint density at radius 1 is 1.38 bits per heavy atom. The molecule has 0 bridgehead atoms. The van der Waals surface area contributed by atoms with Crippen LogP contribution in [-0.2, 0) is 0 Å². The van der Waals surface area contributed by atoms with Crippen LogP contribution in [0.4, 0.5) is 0 Å². The first-order chi connectivity index (χ1) is 7.81. The lowest BCUT2D eigenvalue weighted by molar-refractivity contribution is 0.493. The molecule has 0 spiro atoms. The molecule has 0 saturated carbocycles. The van der Waals surface area contributed by atoms with Gasteiger partial charge in [0, 0.05) is 25.4 Å². The number of likely N-dealkylation sites (tertiary alicyclic amines) is 1. The standard InChI is InChI=1S/C14H20N2/c1-2-6-14(15)16-10-9-13(11-16)12-7-4-3-5-8-12/h3-5,7-8,13,15H,2,6,9-11H2,1H3. The highest BCUT2D eigenvalue weighted by atomic mass is 15.2. The van der Waals surface area contributed by atoms with Crippen molar-refractivity contribution in [2.45, 2.75) is 32.1 Å². The number of nitrogens with one attached hydrogen (secondary N) is 1. The molecule has 2 nitrogen and oxygen atoms in total. The van der Waals surface area contributed by atoms with Crippen molar-refractivity contribution in [2.24, 2.45) is 0 Å². The molecule has 1 saturated heterocycles. The summed E-state index contributed by atoms with van der Waals surface area (Å²) in [4.78, 5) is 2.24. The summed E-state index contributed by atoms with van der Waals surface area (Å²) in [6.07, 6.45) is 3.18. The van der Waals surface area contributed by atoms with Crippen LogP contribution in [0.25, 0.3) is 0 Å². The molecule has 0 aliphatic carbocycles. The van der Waals surface area contributed by atoms with Crippen molar-refractivity contribution in [3.8, 4) is 0 Å². The zero-order valence-electron chi connectivity index (χ0n) is 9.95. The molecule has 16 heavy (non-hydrogen) atoms. The van der Waals surface area contributed by atoms with Crippen molar-refractivity contribution in [2.75, 3.05) is 13.1 Å². The summed E-state index contributed by atoms with van der Waals surface area (Å²) in [7, 11) is 0. The summed E-state index contributed by atoms with van der Waals surface area (Å²) in [5.74, 6) is 1.44. The van der Waals surface area contributed by atoms with Crippen molar-refractivity contribution in [3.63, 3.8) is 0 Å². The van der Waals surface area contributed by atoms with Gasteiger partial charge in [-0.3, -0.25) is 5.41 Å². The molecule has 1 aromatic carbocycles. The number of benzene rings is 1. The smallest absolute Gasteiger partial charge is 0.0957 e. The average molecular weight is 216 g/mol. The molecular formula is C14H20N2. The molecule has 0 amide bonds. The summed E-state index contributed by atoms with van der Waals surface area (Å²) >= 11 is 0. The second-order valence-corrected chi connectivity index (χ2v) is 4.54. The maximum atomic E-state index is 7.96.